The quantitative estimate of drug-likeness (QED) is 0.548. The Morgan fingerprint density at radius 1 is 1.00 bits per heavy atom. The maximum Gasteiger partial charge on any atom is 0.410 e. The molecule has 2 fully saturated rings. The van der Waals surface area contributed by atoms with Crippen molar-refractivity contribution in [2.75, 3.05) is 26.2 Å². The van der Waals surface area contributed by atoms with Gasteiger partial charge in [0.15, 0.2) is 0 Å². The summed E-state index contributed by atoms with van der Waals surface area (Å²) in [6.07, 6.45) is -1.02. The highest BCUT2D eigenvalue weighted by Gasteiger charge is 2.47. The molecule has 4 atom stereocenters. The van der Waals surface area contributed by atoms with Gasteiger partial charge in [0.05, 0.1) is 5.54 Å². The molecule has 0 saturated carbocycles. The molecule has 8 heteroatoms. The Labute approximate surface area is 182 Å². The Bertz CT molecular complexity index is 599. The zero-order valence-electron chi connectivity index (χ0n) is 20.6. The van der Waals surface area contributed by atoms with Gasteiger partial charge in [0.25, 0.3) is 0 Å². The molecule has 2 aliphatic rings. The van der Waals surface area contributed by atoms with Crippen molar-refractivity contribution in [3.63, 3.8) is 0 Å². The van der Waals surface area contributed by atoms with Crippen LogP contribution in [0.1, 0.15) is 69.2 Å². The van der Waals surface area contributed by atoms with Crippen molar-refractivity contribution in [3.8, 4) is 0 Å². The highest BCUT2D eigenvalue weighted by molar-refractivity contribution is 5.68. The fraction of sp³-hybridized carbons (Fsp3) is 0.909. The third-order valence-corrected chi connectivity index (χ3v) is 6.09. The molecule has 2 rings (SSSR count). The number of nitrogens with one attached hydrogen (secondary N) is 2. The van der Waals surface area contributed by atoms with Crippen molar-refractivity contribution >= 4 is 12.2 Å². The van der Waals surface area contributed by atoms with Gasteiger partial charge < -0.3 is 25.4 Å². The van der Waals surface area contributed by atoms with E-state index in [2.05, 4.69) is 38.3 Å². The average Bonchev–Trinajstić information content (AvgIpc) is 2.57. The highest BCUT2D eigenvalue weighted by atomic mass is 16.6. The van der Waals surface area contributed by atoms with E-state index >= 15 is 0 Å². The van der Waals surface area contributed by atoms with Crippen LogP contribution in [-0.2, 0) is 4.74 Å². The second kappa shape index (κ2) is 9.73. The van der Waals surface area contributed by atoms with Gasteiger partial charge in [-0.25, -0.2) is 9.59 Å². The average molecular weight is 429 g/mol. The van der Waals surface area contributed by atoms with Crippen molar-refractivity contribution in [3.05, 3.63) is 0 Å². The van der Waals surface area contributed by atoms with Crippen LogP contribution in [-0.4, -0.2) is 82.5 Å². The van der Waals surface area contributed by atoms with Crippen LogP contribution < -0.4 is 10.6 Å². The summed E-state index contributed by atoms with van der Waals surface area (Å²) in [6, 6.07) is 0.779. The minimum absolute atomic E-state index is 0.0709. The van der Waals surface area contributed by atoms with Gasteiger partial charge in [-0.15, -0.1) is 0 Å². The van der Waals surface area contributed by atoms with Crippen LogP contribution in [0.5, 0.6) is 0 Å². The molecule has 176 valence electrons. The zero-order chi connectivity index (χ0) is 23.5. The molecule has 2 saturated heterocycles. The first-order valence-electron chi connectivity index (χ1n) is 10.9. The molecule has 0 radical (unpaired) electrons. The van der Waals surface area contributed by atoms with E-state index in [0.29, 0.717) is 19.1 Å². The maximum absolute atomic E-state index is 11.8. The predicted molar refractivity (Wildman–Crippen MR) is 120 cm³/mol. The van der Waals surface area contributed by atoms with Gasteiger partial charge in [-0.2, -0.15) is 0 Å². The number of piperazine rings is 2. The lowest BCUT2D eigenvalue weighted by molar-refractivity contribution is -0.0117. The largest absolute Gasteiger partial charge is 0.465 e. The van der Waals surface area contributed by atoms with Crippen LogP contribution in [0.4, 0.5) is 9.59 Å². The molecule has 0 bridgehead atoms. The summed E-state index contributed by atoms with van der Waals surface area (Å²) in [6.45, 7) is 22.9. The summed E-state index contributed by atoms with van der Waals surface area (Å²) < 4.78 is 5.36. The molecular weight excluding hydrogens is 384 g/mol. The predicted octanol–water partition coefficient (Wildman–Crippen LogP) is 3.37. The van der Waals surface area contributed by atoms with Crippen LogP contribution in [0.3, 0.4) is 0 Å². The fourth-order valence-electron chi connectivity index (χ4n) is 3.56. The van der Waals surface area contributed by atoms with E-state index in [0.717, 1.165) is 13.1 Å². The van der Waals surface area contributed by atoms with Gasteiger partial charge in [0.2, 0.25) is 0 Å². The monoisotopic (exact) mass is 428 g/mol. The Balaban J connectivity index is 0.000000300. The molecule has 0 aromatic heterocycles. The summed E-state index contributed by atoms with van der Waals surface area (Å²) in [7, 11) is 0. The van der Waals surface area contributed by atoms with Crippen molar-refractivity contribution in [2.45, 2.75) is 98.5 Å². The Morgan fingerprint density at radius 3 is 2.00 bits per heavy atom. The Hall–Kier alpha value is -1.54. The first-order chi connectivity index (χ1) is 13.5. The fourth-order valence-corrected chi connectivity index (χ4v) is 3.56. The summed E-state index contributed by atoms with van der Waals surface area (Å²) in [4.78, 5) is 26.5. The van der Waals surface area contributed by atoms with E-state index in [4.69, 9.17) is 4.74 Å². The van der Waals surface area contributed by atoms with Gasteiger partial charge >= 0.3 is 12.2 Å². The summed E-state index contributed by atoms with van der Waals surface area (Å²) in [5.41, 5.74) is -0.825. The van der Waals surface area contributed by atoms with Gasteiger partial charge in [0, 0.05) is 44.3 Å². The van der Waals surface area contributed by atoms with Crippen LogP contribution >= 0.6 is 0 Å². The molecule has 0 aromatic rings. The van der Waals surface area contributed by atoms with Crippen molar-refractivity contribution in [2.24, 2.45) is 5.41 Å². The SMILES string of the molecule is C[C@@H]1CN[C@@H](C)CN1C(=O)OC(C)(C)C.C[C@H]1CN(C(=O)O)[C@](C)(C(C)(C)C)CN1. The third kappa shape index (κ3) is 7.01. The van der Waals surface area contributed by atoms with E-state index in [1.165, 1.54) is 0 Å². The van der Waals surface area contributed by atoms with Gasteiger partial charge in [-0.05, 0) is 53.9 Å². The number of carbonyl (C=O) groups is 2. The molecule has 3 N–H and O–H groups in total. The van der Waals surface area contributed by atoms with Gasteiger partial charge in [-0.3, -0.25) is 4.90 Å². The van der Waals surface area contributed by atoms with E-state index in [-0.39, 0.29) is 29.1 Å². The number of carboxylic acid groups (broad SMARTS) is 1. The lowest BCUT2D eigenvalue weighted by atomic mass is 9.72. The summed E-state index contributed by atoms with van der Waals surface area (Å²) >= 11 is 0. The molecule has 30 heavy (non-hydrogen) atoms. The highest BCUT2D eigenvalue weighted by Crippen LogP contribution is 2.37. The van der Waals surface area contributed by atoms with Crippen LogP contribution in [0.15, 0.2) is 0 Å². The molecule has 0 unspecified atom stereocenters. The van der Waals surface area contributed by atoms with E-state index < -0.39 is 11.7 Å². The molecule has 0 spiro atoms. The van der Waals surface area contributed by atoms with Gasteiger partial charge in [-0.1, -0.05) is 20.8 Å². The number of ether oxygens (including phenoxy) is 1. The first kappa shape index (κ1) is 26.5. The van der Waals surface area contributed by atoms with Crippen molar-refractivity contribution < 1.29 is 19.4 Å². The normalized spacial score (nSPS) is 30.3. The maximum atomic E-state index is 11.8. The molecule has 2 heterocycles. The number of nitrogens with zero attached hydrogens (tertiary/aromatic N) is 2. The van der Waals surface area contributed by atoms with E-state index in [1.807, 2.05) is 41.5 Å². The van der Waals surface area contributed by atoms with E-state index in [1.54, 1.807) is 9.80 Å². The second-order valence-corrected chi connectivity index (χ2v) is 11.0. The third-order valence-electron chi connectivity index (χ3n) is 6.09. The molecule has 8 nitrogen and oxygen atoms in total. The number of hydrogen-bond acceptors (Lipinski definition) is 5. The van der Waals surface area contributed by atoms with E-state index in [9.17, 15) is 14.7 Å². The standard InChI is InChI=1S/2C11H22N2O2/c1-8-7-13(9(2)6-12-8)10(14)15-11(3,4)5;1-8-6-13(9(14)15)11(5,7-12-8)10(2,3)4/h8-9,12H,6-7H2,1-5H3;8,12H,6-7H2,1-5H3,(H,14,15)/t8-,9+;8-,11-/m00/s1. The topological polar surface area (TPSA) is 94.1 Å². The lowest BCUT2D eigenvalue weighted by Gasteiger charge is -2.53. The minimum atomic E-state index is -0.819. The first-order valence-corrected chi connectivity index (χ1v) is 10.9. The smallest absolute Gasteiger partial charge is 0.410 e. The number of amides is 2. The van der Waals surface area contributed by atoms with Crippen LogP contribution in [0.25, 0.3) is 0 Å². The van der Waals surface area contributed by atoms with Crippen LogP contribution in [0, 0.1) is 5.41 Å². The number of rotatable bonds is 0. The molecule has 2 amide bonds. The molecule has 2 aliphatic heterocycles. The number of hydrogen-bond donors (Lipinski definition) is 3. The molecular formula is C22H44N4O4. The summed E-state index contributed by atoms with van der Waals surface area (Å²) in [5.74, 6) is 0. The molecule has 0 aromatic carbocycles. The Kier molecular flexibility index (Phi) is 8.59. The van der Waals surface area contributed by atoms with Crippen molar-refractivity contribution in [1.29, 1.82) is 0 Å². The Morgan fingerprint density at radius 2 is 1.53 bits per heavy atom. The lowest BCUT2D eigenvalue weighted by Crippen LogP contribution is -2.68. The zero-order valence-corrected chi connectivity index (χ0v) is 20.6. The minimum Gasteiger partial charge on any atom is -0.465 e. The molecule has 0 aliphatic carbocycles. The van der Waals surface area contributed by atoms with Crippen LogP contribution in [0.2, 0.25) is 0 Å². The summed E-state index contributed by atoms with van der Waals surface area (Å²) in [5, 5.41) is 15.9. The number of carbonyl (C=O) groups excluding carboxylic acids is 1. The second-order valence-electron chi connectivity index (χ2n) is 11.0. The van der Waals surface area contributed by atoms with Gasteiger partial charge in [0.1, 0.15) is 5.60 Å². The van der Waals surface area contributed by atoms with Crippen molar-refractivity contribution in [1.82, 2.24) is 20.4 Å².